The summed E-state index contributed by atoms with van der Waals surface area (Å²) in [5.41, 5.74) is 1.54. The maximum absolute atomic E-state index is 13.3. The molecule has 102 valence electrons. The molecule has 2 aromatic rings. The summed E-state index contributed by atoms with van der Waals surface area (Å²) in [6.07, 6.45) is 1.93. The van der Waals surface area contributed by atoms with Gasteiger partial charge < -0.3 is 14.6 Å². The first-order valence-corrected chi connectivity index (χ1v) is 6.64. The Bertz CT molecular complexity index is 571. The second kappa shape index (κ2) is 6.16. The Kier molecular flexibility index (Phi) is 4.55. The lowest BCUT2D eigenvalue weighted by molar-refractivity contribution is 0.188. The molecule has 1 aromatic carbocycles. The molecule has 1 heterocycles. The van der Waals surface area contributed by atoms with Gasteiger partial charge in [-0.2, -0.15) is 0 Å². The van der Waals surface area contributed by atoms with Crippen LogP contribution < -0.4 is 5.32 Å². The third kappa shape index (κ3) is 3.54. The van der Waals surface area contributed by atoms with Crippen molar-refractivity contribution in [2.24, 2.45) is 0 Å². The van der Waals surface area contributed by atoms with E-state index >= 15 is 0 Å². The fourth-order valence-corrected chi connectivity index (χ4v) is 2.07. The Labute approximate surface area is 119 Å². The first-order chi connectivity index (χ1) is 9.10. The van der Waals surface area contributed by atoms with Crippen LogP contribution >= 0.6 is 15.9 Å². The monoisotopic (exact) mass is 327 g/mol. The molecular weight excluding hydrogens is 313 g/mol. The van der Waals surface area contributed by atoms with Gasteiger partial charge >= 0.3 is 0 Å². The van der Waals surface area contributed by atoms with Crippen LogP contribution in [-0.4, -0.2) is 23.3 Å². The zero-order chi connectivity index (χ0) is 13.8. The predicted molar refractivity (Wildman–Crippen MR) is 76.2 cm³/mol. The molecule has 2 rings (SSSR count). The van der Waals surface area contributed by atoms with Crippen molar-refractivity contribution in [1.82, 2.24) is 9.55 Å². The van der Waals surface area contributed by atoms with E-state index in [1.165, 1.54) is 12.1 Å². The number of benzene rings is 1. The van der Waals surface area contributed by atoms with Crippen LogP contribution in [0.25, 0.3) is 0 Å². The van der Waals surface area contributed by atoms with Gasteiger partial charge in [-0.15, -0.1) is 0 Å². The van der Waals surface area contributed by atoms with Gasteiger partial charge in [0.1, 0.15) is 5.82 Å². The fourth-order valence-electron chi connectivity index (χ4n) is 1.72. The third-order valence-electron chi connectivity index (χ3n) is 2.61. The van der Waals surface area contributed by atoms with Crippen molar-refractivity contribution in [3.8, 4) is 0 Å². The molecule has 4 nitrogen and oxygen atoms in total. The van der Waals surface area contributed by atoms with Crippen molar-refractivity contribution in [2.75, 3.05) is 19.0 Å². The number of methoxy groups -OCH3 is 1. The lowest BCUT2D eigenvalue weighted by Gasteiger charge is -2.10. The summed E-state index contributed by atoms with van der Waals surface area (Å²) in [5.74, 6) is 0.373. The topological polar surface area (TPSA) is 39.1 Å². The third-order valence-corrected chi connectivity index (χ3v) is 3.30. The minimum Gasteiger partial charge on any atom is -0.383 e. The standard InChI is InChI=1S/C13H15BrFN3O/c1-9-8-18(5-6-19-2)13(16-9)17-12-7-10(15)3-4-11(12)14/h3-4,7-8H,5-6H2,1-2H3,(H,16,17). The zero-order valence-corrected chi connectivity index (χ0v) is 12.4. The Balaban J connectivity index is 2.24. The van der Waals surface area contributed by atoms with Crippen LogP contribution in [0.2, 0.25) is 0 Å². The highest BCUT2D eigenvalue weighted by molar-refractivity contribution is 9.10. The van der Waals surface area contributed by atoms with Gasteiger partial charge in [0.05, 0.1) is 18.0 Å². The number of nitrogens with one attached hydrogen (secondary N) is 1. The predicted octanol–water partition coefficient (Wildman–Crippen LogP) is 3.48. The molecule has 0 saturated heterocycles. The summed E-state index contributed by atoms with van der Waals surface area (Å²) < 4.78 is 21.0. The van der Waals surface area contributed by atoms with E-state index in [1.807, 2.05) is 17.7 Å². The molecule has 0 atom stereocenters. The molecule has 0 unspecified atom stereocenters. The van der Waals surface area contributed by atoms with Crippen molar-refractivity contribution >= 4 is 27.6 Å². The van der Waals surface area contributed by atoms with E-state index in [0.717, 1.165) is 10.2 Å². The summed E-state index contributed by atoms with van der Waals surface area (Å²) in [5, 5.41) is 3.12. The van der Waals surface area contributed by atoms with Gasteiger partial charge in [0.2, 0.25) is 5.95 Å². The highest BCUT2D eigenvalue weighted by atomic mass is 79.9. The minimum absolute atomic E-state index is 0.294. The van der Waals surface area contributed by atoms with Crippen LogP contribution in [0, 0.1) is 12.7 Å². The number of hydrogen-bond donors (Lipinski definition) is 1. The van der Waals surface area contributed by atoms with Crippen molar-refractivity contribution in [3.05, 3.63) is 40.4 Å². The summed E-state index contributed by atoms with van der Waals surface area (Å²) >= 11 is 3.38. The number of hydrogen-bond acceptors (Lipinski definition) is 3. The van der Waals surface area contributed by atoms with Crippen LogP contribution in [0.15, 0.2) is 28.9 Å². The second-order valence-electron chi connectivity index (χ2n) is 4.14. The van der Waals surface area contributed by atoms with E-state index in [-0.39, 0.29) is 5.82 Å². The van der Waals surface area contributed by atoms with Crippen molar-refractivity contribution in [1.29, 1.82) is 0 Å². The molecule has 0 saturated carbocycles. The van der Waals surface area contributed by atoms with Crippen LogP contribution in [0.1, 0.15) is 5.69 Å². The van der Waals surface area contributed by atoms with E-state index in [2.05, 4.69) is 26.2 Å². The number of anilines is 2. The fraction of sp³-hybridized carbons (Fsp3) is 0.308. The molecule has 6 heteroatoms. The highest BCUT2D eigenvalue weighted by Gasteiger charge is 2.08. The van der Waals surface area contributed by atoms with Crippen LogP contribution in [0.4, 0.5) is 16.0 Å². The van der Waals surface area contributed by atoms with E-state index in [9.17, 15) is 4.39 Å². The zero-order valence-electron chi connectivity index (χ0n) is 10.8. The van der Waals surface area contributed by atoms with E-state index < -0.39 is 0 Å². The van der Waals surface area contributed by atoms with Gasteiger partial charge in [-0.25, -0.2) is 9.37 Å². The average Bonchev–Trinajstić information content (AvgIpc) is 2.71. The molecule has 19 heavy (non-hydrogen) atoms. The number of halogens is 2. The molecule has 0 amide bonds. The number of aromatic nitrogens is 2. The largest absolute Gasteiger partial charge is 0.383 e. The Morgan fingerprint density at radius 2 is 2.26 bits per heavy atom. The molecule has 1 N–H and O–H groups in total. The first kappa shape index (κ1) is 14.0. The lowest BCUT2D eigenvalue weighted by Crippen LogP contribution is -2.07. The Morgan fingerprint density at radius 3 is 3.00 bits per heavy atom. The van der Waals surface area contributed by atoms with Crippen molar-refractivity contribution < 1.29 is 9.13 Å². The second-order valence-corrected chi connectivity index (χ2v) is 5.00. The van der Waals surface area contributed by atoms with Gasteiger partial charge in [-0.3, -0.25) is 0 Å². The first-order valence-electron chi connectivity index (χ1n) is 5.85. The average molecular weight is 328 g/mol. The molecular formula is C13H15BrFN3O. The quantitative estimate of drug-likeness (QED) is 0.913. The number of aryl methyl sites for hydroxylation is 1. The molecule has 0 bridgehead atoms. The summed E-state index contributed by atoms with van der Waals surface area (Å²) in [4.78, 5) is 4.38. The Hall–Kier alpha value is -1.40. The maximum atomic E-state index is 13.3. The van der Waals surface area contributed by atoms with Crippen LogP contribution in [0.5, 0.6) is 0 Å². The summed E-state index contributed by atoms with van der Waals surface area (Å²) in [7, 11) is 1.65. The molecule has 1 aromatic heterocycles. The number of imidazole rings is 1. The number of nitrogens with zero attached hydrogens (tertiary/aromatic N) is 2. The normalized spacial score (nSPS) is 10.7. The number of ether oxygens (including phenoxy) is 1. The molecule has 0 aliphatic rings. The maximum Gasteiger partial charge on any atom is 0.207 e. The minimum atomic E-state index is -0.294. The van der Waals surface area contributed by atoms with Gasteiger partial charge in [-0.05, 0) is 41.1 Å². The van der Waals surface area contributed by atoms with Gasteiger partial charge in [0.15, 0.2) is 0 Å². The molecule has 0 fully saturated rings. The molecule has 0 radical (unpaired) electrons. The van der Waals surface area contributed by atoms with Gasteiger partial charge in [0.25, 0.3) is 0 Å². The van der Waals surface area contributed by atoms with Crippen molar-refractivity contribution in [3.63, 3.8) is 0 Å². The van der Waals surface area contributed by atoms with Gasteiger partial charge in [-0.1, -0.05) is 0 Å². The highest BCUT2D eigenvalue weighted by Crippen LogP contribution is 2.26. The van der Waals surface area contributed by atoms with Crippen LogP contribution in [0.3, 0.4) is 0 Å². The summed E-state index contributed by atoms with van der Waals surface area (Å²) in [6.45, 7) is 3.19. The molecule has 0 aliphatic heterocycles. The molecule has 0 spiro atoms. The van der Waals surface area contributed by atoms with E-state index in [1.54, 1.807) is 13.2 Å². The summed E-state index contributed by atoms with van der Waals surface area (Å²) in [6, 6.07) is 4.49. The van der Waals surface area contributed by atoms with Gasteiger partial charge in [0, 0.05) is 24.3 Å². The SMILES string of the molecule is COCCn1cc(C)nc1Nc1cc(F)ccc1Br. The smallest absolute Gasteiger partial charge is 0.207 e. The van der Waals surface area contributed by atoms with Crippen molar-refractivity contribution in [2.45, 2.75) is 13.5 Å². The molecule has 0 aliphatic carbocycles. The number of rotatable bonds is 5. The Morgan fingerprint density at radius 1 is 1.47 bits per heavy atom. The van der Waals surface area contributed by atoms with E-state index in [0.29, 0.717) is 24.8 Å². The van der Waals surface area contributed by atoms with E-state index in [4.69, 9.17) is 4.74 Å². The van der Waals surface area contributed by atoms with Crippen LogP contribution in [-0.2, 0) is 11.3 Å². The lowest BCUT2D eigenvalue weighted by atomic mass is 10.3.